The first-order chi connectivity index (χ1) is 14.6. The zero-order valence-corrected chi connectivity index (χ0v) is 17.8. The van der Waals surface area contributed by atoms with Crippen LogP contribution in [-0.4, -0.2) is 56.4 Å². The third-order valence-corrected chi connectivity index (χ3v) is 6.65. The summed E-state index contributed by atoms with van der Waals surface area (Å²) in [6.45, 7) is 1.93. The Balaban J connectivity index is 1.23. The Labute approximate surface area is 177 Å². The molecule has 1 aliphatic carbocycles. The average molecular weight is 419 g/mol. The number of carbonyl (C=O) groups is 2. The summed E-state index contributed by atoms with van der Waals surface area (Å²) in [5, 5.41) is 10.6. The fourth-order valence-electron chi connectivity index (χ4n) is 4.88. The number of hydrogen-bond acceptors (Lipinski definition) is 4. The third kappa shape index (κ3) is 5.05. The number of fused-ring (bicyclic) bond motifs is 1. The van der Waals surface area contributed by atoms with Crippen LogP contribution in [0.3, 0.4) is 0 Å². The van der Waals surface area contributed by atoms with Crippen molar-refractivity contribution < 1.29 is 9.59 Å². The Morgan fingerprint density at radius 2 is 1.57 bits per heavy atom. The van der Waals surface area contributed by atoms with Gasteiger partial charge in [-0.2, -0.15) is 5.10 Å². The highest BCUT2D eigenvalue weighted by Crippen LogP contribution is 2.18. The van der Waals surface area contributed by atoms with Crippen LogP contribution in [0.2, 0.25) is 0 Å². The van der Waals surface area contributed by atoms with E-state index < -0.39 is 0 Å². The van der Waals surface area contributed by atoms with E-state index in [1.807, 2.05) is 4.90 Å². The first-order valence-corrected chi connectivity index (χ1v) is 11.6. The van der Waals surface area contributed by atoms with E-state index >= 15 is 0 Å². The number of carbonyl (C=O) groups excluding carboxylic acids is 2. The van der Waals surface area contributed by atoms with E-state index in [1.54, 1.807) is 4.57 Å². The predicted molar refractivity (Wildman–Crippen MR) is 112 cm³/mol. The van der Waals surface area contributed by atoms with E-state index in [9.17, 15) is 14.4 Å². The van der Waals surface area contributed by atoms with Gasteiger partial charge in [-0.15, -0.1) is 0 Å². The largest absolute Gasteiger partial charge is 0.352 e. The van der Waals surface area contributed by atoms with Crippen LogP contribution in [0.5, 0.6) is 0 Å². The molecule has 0 atom stereocenters. The van der Waals surface area contributed by atoms with Crippen molar-refractivity contribution in [2.75, 3.05) is 13.1 Å². The standard InChI is InChI=1S/C21H34N6O3/c28-19(15-27-21(30)26-12-6-2-5-9-18(26)24-27)22-17-10-13-25(14-11-17)20(29)23-16-7-3-1-4-8-16/h16-17H,1-15H2,(H,22,28)(H,23,29). The van der Waals surface area contributed by atoms with Gasteiger partial charge in [-0.25, -0.2) is 14.3 Å². The SMILES string of the molecule is O=C(Cn1nc2n(c1=O)CCCCC2)NC1CCN(C(=O)NC2CCCCC2)CC1. The van der Waals surface area contributed by atoms with Crippen LogP contribution in [0.25, 0.3) is 0 Å². The van der Waals surface area contributed by atoms with Crippen molar-refractivity contribution in [1.29, 1.82) is 0 Å². The van der Waals surface area contributed by atoms with Gasteiger partial charge in [0.15, 0.2) is 0 Å². The highest BCUT2D eigenvalue weighted by atomic mass is 16.2. The second-order valence-electron chi connectivity index (χ2n) is 8.93. The molecule has 1 aromatic heterocycles. The average Bonchev–Trinajstić information content (AvgIpc) is 2.91. The fourth-order valence-corrected chi connectivity index (χ4v) is 4.88. The van der Waals surface area contributed by atoms with Gasteiger partial charge < -0.3 is 15.5 Å². The lowest BCUT2D eigenvalue weighted by molar-refractivity contribution is -0.122. The summed E-state index contributed by atoms with van der Waals surface area (Å²) in [7, 11) is 0. The summed E-state index contributed by atoms with van der Waals surface area (Å²) < 4.78 is 3.01. The Kier molecular flexibility index (Phi) is 6.74. The maximum absolute atomic E-state index is 12.5. The van der Waals surface area contributed by atoms with Crippen LogP contribution in [-0.2, 0) is 24.3 Å². The Bertz CT molecular complexity index is 802. The molecule has 2 N–H and O–H groups in total. The molecule has 2 aliphatic heterocycles. The van der Waals surface area contributed by atoms with Crippen molar-refractivity contribution in [3.05, 3.63) is 16.3 Å². The number of likely N-dealkylation sites (tertiary alicyclic amines) is 1. The number of nitrogens with one attached hydrogen (secondary N) is 2. The number of aromatic nitrogens is 3. The summed E-state index contributed by atoms with van der Waals surface area (Å²) >= 11 is 0. The summed E-state index contributed by atoms with van der Waals surface area (Å²) in [4.78, 5) is 39.3. The van der Waals surface area contributed by atoms with Gasteiger partial charge in [-0.05, 0) is 38.5 Å². The number of hydrogen-bond donors (Lipinski definition) is 2. The summed E-state index contributed by atoms with van der Waals surface area (Å²) in [5.41, 5.74) is -0.184. The molecule has 3 heterocycles. The smallest absolute Gasteiger partial charge is 0.346 e. The Morgan fingerprint density at radius 1 is 0.867 bits per heavy atom. The van der Waals surface area contributed by atoms with Gasteiger partial charge in [0, 0.05) is 38.1 Å². The number of rotatable bonds is 4. The number of nitrogens with zero attached hydrogens (tertiary/aromatic N) is 4. The quantitative estimate of drug-likeness (QED) is 0.772. The van der Waals surface area contributed by atoms with Gasteiger partial charge in [0.1, 0.15) is 12.4 Å². The second kappa shape index (κ2) is 9.66. The van der Waals surface area contributed by atoms with Crippen LogP contribution < -0.4 is 16.3 Å². The Morgan fingerprint density at radius 3 is 2.33 bits per heavy atom. The minimum absolute atomic E-state index is 0.0257. The van der Waals surface area contributed by atoms with E-state index in [4.69, 9.17) is 0 Å². The van der Waals surface area contributed by atoms with E-state index in [1.165, 1.54) is 23.9 Å². The maximum atomic E-state index is 12.5. The number of piperidine rings is 1. The van der Waals surface area contributed by atoms with Gasteiger partial charge in [0.05, 0.1) is 0 Å². The van der Waals surface area contributed by atoms with E-state index in [-0.39, 0.29) is 30.2 Å². The van der Waals surface area contributed by atoms with Crippen molar-refractivity contribution in [3.8, 4) is 0 Å². The highest BCUT2D eigenvalue weighted by molar-refractivity contribution is 5.76. The minimum atomic E-state index is -0.185. The number of aryl methyl sites for hydroxylation is 1. The molecular weight excluding hydrogens is 384 g/mol. The molecular formula is C21H34N6O3. The second-order valence-corrected chi connectivity index (χ2v) is 8.93. The topological polar surface area (TPSA) is 101 Å². The molecule has 0 aromatic carbocycles. The molecule has 2 fully saturated rings. The molecule has 3 aliphatic rings. The minimum Gasteiger partial charge on any atom is -0.352 e. The molecule has 166 valence electrons. The molecule has 0 unspecified atom stereocenters. The third-order valence-electron chi connectivity index (χ3n) is 6.65. The van der Waals surface area contributed by atoms with Crippen molar-refractivity contribution >= 4 is 11.9 Å². The van der Waals surface area contributed by atoms with Gasteiger partial charge in [-0.1, -0.05) is 25.7 Å². The first-order valence-electron chi connectivity index (χ1n) is 11.6. The van der Waals surface area contributed by atoms with Gasteiger partial charge in [-0.3, -0.25) is 9.36 Å². The molecule has 1 saturated carbocycles. The lowest BCUT2D eigenvalue weighted by Gasteiger charge is -2.34. The van der Waals surface area contributed by atoms with Crippen LogP contribution in [0.1, 0.15) is 70.0 Å². The van der Waals surface area contributed by atoms with Gasteiger partial charge in [0.2, 0.25) is 5.91 Å². The predicted octanol–water partition coefficient (Wildman–Crippen LogP) is 1.39. The molecule has 0 bridgehead atoms. The Hall–Kier alpha value is -2.32. The number of urea groups is 1. The van der Waals surface area contributed by atoms with Crippen molar-refractivity contribution in [2.24, 2.45) is 0 Å². The number of amides is 3. The molecule has 1 aromatic rings. The molecule has 9 nitrogen and oxygen atoms in total. The zero-order valence-electron chi connectivity index (χ0n) is 17.8. The fraction of sp³-hybridized carbons (Fsp3) is 0.810. The summed E-state index contributed by atoms with van der Waals surface area (Å²) in [5.74, 6) is 0.609. The van der Waals surface area contributed by atoms with Crippen molar-refractivity contribution in [1.82, 2.24) is 29.9 Å². The molecule has 9 heteroatoms. The molecule has 4 rings (SSSR count). The molecule has 0 radical (unpaired) electrons. The molecule has 0 spiro atoms. The molecule has 3 amide bonds. The van der Waals surface area contributed by atoms with E-state index in [0.717, 1.165) is 57.2 Å². The zero-order chi connectivity index (χ0) is 20.9. The van der Waals surface area contributed by atoms with Crippen LogP contribution in [0.15, 0.2) is 4.79 Å². The van der Waals surface area contributed by atoms with Gasteiger partial charge in [0.25, 0.3) is 0 Å². The maximum Gasteiger partial charge on any atom is 0.346 e. The highest BCUT2D eigenvalue weighted by Gasteiger charge is 2.26. The van der Waals surface area contributed by atoms with Gasteiger partial charge >= 0.3 is 11.7 Å². The van der Waals surface area contributed by atoms with E-state index in [0.29, 0.717) is 25.7 Å². The summed E-state index contributed by atoms with van der Waals surface area (Å²) in [6.07, 6.45) is 11.2. The lowest BCUT2D eigenvalue weighted by Crippen LogP contribution is -2.52. The lowest BCUT2D eigenvalue weighted by atomic mass is 9.95. The van der Waals surface area contributed by atoms with Crippen LogP contribution in [0, 0.1) is 0 Å². The van der Waals surface area contributed by atoms with Crippen molar-refractivity contribution in [2.45, 2.75) is 95.8 Å². The molecule has 30 heavy (non-hydrogen) atoms. The van der Waals surface area contributed by atoms with Crippen LogP contribution in [0.4, 0.5) is 4.79 Å². The molecule has 1 saturated heterocycles. The monoisotopic (exact) mass is 418 g/mol. The summed E-state index contributed by atoms with van der Waals surface area (Å²) in [6, 6.07) is 0.372. The van der Waals surface area contributed by atoms with Crippen molar-refractivity contribution in [3.63, 3.8) is 0 Å². The first kappa shape index (κ1) is 20.9. The van der Waals surface area contributed by atoms with E-state index in [2.05, 4.69) is 15.7 Å². The normalized spacial score (nSPS) is 21.0. The van der Waals surface area contributed by atoms with Crippen LogP contribution >= 0.6 is 0 Å².